The number of carbonyl (C=O) groups is 1. The quantitative estimate of drug-likeness (QED) is 0.442. The van der Waals surface area contributed by atoms with Crippen LogP contribution in [0.3, 0.4) is 0 Å². The standard InChI is InChI=1S/C6H6N2O2/c9-6-3-4-2(1-7-8-4)5(3)10-6/h2-5H,1H2/t2-,3-,4+,5+/m1/s1. The minimum Gasteiger partial charge on any atom is -0.461 e. The molecule has 1 saturated carbocycles. The Hall–Kier alpha value is -0.930. The van der Waals surface area contributed by atoms with Crippen LogP contribution < -0.4 is 0 Å². The van der Waals surface area contributed by atoms with Gasteiger partial charge in [-0.3, -0.25) is 4.79 Å². The smallest absolute Gasteiger partial charge is 0.315 e. The average molecular weight is 138 g/mol. The lowest BCUT2D eigenvalue weighted by atomic mass is 9.64. The second-order valence-electron chi connectivity index (χ2n) is 3.02. The topological polar surface area (TPSA) is 51.0 Å². The molecule has 0 N–H and O–H groups in total. The molecule has 0 unspecified atom stereocenters. The summed E-state index contributed by atoms with van der Waals surface area (Å²) < 4.78 is 4.89. The minimum absolute atomic E-state index is 0.0768. The maximum Gasteiger partial charge on any atom is 0.315 e. The summed E-state index contributed by atoms with van der Waals surface area (Å²) >= 11 is 0. The Bertz CT molecular complexity index is 238. The van der Waals surface area contributed by atoms with Gasteiger partial charge in [0.2, 0.25) is 0 Å². The van der Waals surface area contributed by atoms with Crippen molar-refractivity contribution in [1.29, 1.82) is 0 Å². The van der Waals surface area contributed by atoms with E-state index in [0.717, 1.165) is 6.54 Å². The van der Waals surface area contributed by atoms with E-state index >= 15 is 0 Å². The Morgan fingerprint density at radius 2 is 2.50 bits per heavy atom. The van der Waals surface area contributed by atoms with Gasteiger partial charge in [-0.15, -0.1) is 0 Å². The number of azo groups is 1. The van der Waals surface area contributed by atoms with Crippen LogP contribution in [0, 0.1) is 11.8 Å². The Morgan fingerprint density at radius 1 is 1.60 bits per heavy atom. The van der Waals surface area contributed by atoms with Crippen molar-refractivity contribution in [3.8, 4) is 0 Å². The molecule has 2 fully saturated rings. The number of hydrogen-bond donors (Lipinski definition) is 0. The van der Waals surface area contributed by atoms with Crippen LogP contribution in [0.4, 0.5) is 0 Å². The molecule has 0 aromatic rings. The van der Waals surface area contributed by atoms with Crippen LogP contribution in [0.25, 0.3) is 0 Å². The van der Waals surface area contributed by atoms with Crippen LogP contribution in [-0.4, -0.2) is 24.7 Å². The zero-order valence-corrected chi connectivity index (χ0v) is 5.23. The van der Waals surface area contributed by atoms with Gasteiger partial charge in [0, 0.05) is 5.92 Å². The molecular formula is C6H6N2O2. The molecule has 2 heterocycles. The van der Waals surface area contributed by atoms with Gasteiger partial charge in [-0.05, 0) is 0 Å². The molecule has 3 rings (SSSR count). The lowest BCUT2D eigenvalue weighted by Gasteiger charge is -2.51. The molecule has 0 aromatic carbocycles. The monoisotopic (exact) mass is 138 g/mol. The highest BCUT2D eigenvalue weighted by molar-refractivity contribution is 5.82. The van der Waals surface area contributed by atoms with E-state index in [1.165, 1.54) is 0 Å². The first kappa shape index (κ1) is 4.82. The number of hydrogen-bond acceptors (Lipinski definition) is 4. The molecule has 10 heavy (non-hydrogen) atoms. The van der Waals surface area contributed by atoms with Gasteiger partial charge < -0.3 is 4.74 Å². The molecule has 2 aliphatic heterocycles. The highest BCUT2D eigenvalue weighted by Crippen LogP contribution is 2.49. The average Bonchev–Trinajstić information content (AvgIpc) is 2.25. The van der Waals surface area contributed by atoms with Crippen LogP contribution in [-0.2, 0) is 9.53 Å². The van der Waals surface area contributed by atoms with E-state index in [1.54, 1.807) is 0 Å². The molecule has 1 saturated heterocycles. The van der Waals surface area contributed by atoms with Crippen LogP contribution in [0.2, 0.25) is 0 Å². The number of rotatable bonds is 0. The van der Waals surface area contributed by atoms with E-state index in [1.807, 2.05) is 0 Å². The first-order valence-electron chi connectivity index (χ1n) is 3.45. The third kappa shape index (κ3) is 0.308. The van der Waals surface area contributed by atoms with Crippen molar-refractivity contribution in [1.82, 2.24) is 0 Å². The molecule has 52 valence electrons. The van der Waals surface area contributed by atoms with Crippen molar-refractivity contribution in [3.05, 3.63) is 0 Å². The Labute approximate surface area is 57.3 Å². The number of ether oxygens (including phenoxy) is 1. The fourth-order valence-corrected chi connectivity index (χ4v) is 1.96. The van der Waals surface area contributed by atoms with E-state index in [9.17, 15) is 4.79 Å². The lowest BCUT2D eigenvalue weighted by molar-refractivity contribution is -0.219. The van der Waals surface area contributed by atoms with Crippen molar-refractivity contribution in [2.24, 2.45) is 22.1 Å². The Kier molecular flexibility index (Phi) is 0.595. The van der Waals surface area contributed by atoms with E-state index in [0.29, 0.717) is 5.92 Å². The first-order chi connectivity index (χ1) is 4.88. The third-order valence-corrected chi connectivity index (χ3v) is 2.61. The largest absolute Gasteiger partial charge is 0.461 e. The number of esters is 1. The van der Waals surface area contributed by atoms with Crippen LogP contribution in [0.5, 0.6) is 0 Å². The molecule has 0 aromatic heterocycles. The molecule has 0 amide bonds. The summed E-state index contributed by atoms with van der Waals surface area (Å²) in [5.41, 5.74) is 0. The maximum atomic E-state index is 10.7. The summed E-state index contributed by atoms with van der Waals surface area (Å²) in [6, 6.07) is 0.186. The van der Waals surface area contributed by atoms with Crippen molar-refractivity contribution in [2.45, 2.75) is 12.1 Å². The molecule has 0 radical (unpaired) electrons. The minimum atomic E-state index is -0.0768. The van der Waals surface area contributed by atoms with Crippen molar-refractivity contribution >= 4 is 5.97 Å². The van der Waals surface area contributed by atoms with E-state index in [2.05, 4.69) is 10.2 Å². The third-order valence-electron chi connectivity index (χ3n) is 2.61. The van der Waals surface area contributed by atoms with Gasteiger partial charge in [0.1, 0.15) is 12.0 Å². The summed E-state index contributed by atoms with van der Waals surface area (Å²) in [5.74, 6) is 0.436. The second kappa shape index (κ2) is 1.24. The fraction of sp³-hybridized carbons (Fsp3) is 0.833. The molecule has 1 aliphatic carbocycles. The summed E-state index contributed by atoms with van der Waals surface area (Å²) in [6.07, 6.45) is 0.174. The Balaban J connectivity index is 1.92. The number of nitrogens with zero attached hydrogens (tertiary/aromatic N) is 2. The van der Waals surface area contributed by atoms with E-state index < -0.39 is 0 Å². The second-order valence-corrected chi connectivity index (χ2v) is 3.02. The zero-order chi connectivity index (χ0) is 6.72. The number of carbonyl (C=O) groups excluding carboxylic acids is 1. The molecule has 0 spiro atoms. The molecule has 4 heteroatoms. The number of fused-ring (bicyclic) bond motifs is 4. The fourth-order valence-electron chi connectivity index (χ4n) is 1.96. The van der Waals surface area contributed by atoms with Gasteiger partial charge in [0.25, 0.3) is 0 Å². The van der Waals surface area contributed by atoms with Crippen molar-refractivity contribution < 1.29 is 9.53 Å². The van der Waals surface area contributed by atoms with Crippen LogP contribution in [0.1, 0.15) is 0 Å². The van der Waals surface area contributed by atoms with Crippen molar-refractivity contribution in [2.75, 3.05) is 6.54 Å². The van der Waals surface area contributed by atoms with Crippen LogP contribution in [0.15, 0.2) is 10.2 Å². The van der Waals surface area contributed by atoms with Crippen LogP contribution >= 0.6 is 0 Å². The predicted octanol–water partition coefficient (Wildman–Crippen LogP) is -0.00780. The lowest BCUT2D eigenvalue weighted by Crippen LogP contribution is -2.67. The molecule has 4 atom stereocenters. The van der Waals surface area contributed by atoms with Gasteiger partial charge in [-0.25, -0.2) is 0 Å². The normalized spacial score (nSPS) is 54.2. The van der Waals surface area contributed by atoms with Gasteiger partial charge in [-0.2, -0.15) is 10.2 Å². The molecule has 3 aliphatic rings. The Morgan fingerprint density at radius 3 is 3.30 bits per heavy atom. The first-order valence-corrected chi connectivity index (χ1v) is 3.45. The van der Waals surface area contributed by atoms with Gasteiger partial charge >= 0.3 is 5.97 Å². The maximum absolute atomic E-state index is 10.7. The van der Waals surface area contributed by atoms with Crippen molar-refractivity contribution in [3.63, 3.8) is 0 Å². The highest BCUT2D eigenvalue weighted by atomic mass is 16.6. The predicted molar refractivity (Wildman–Crippen MR) is 30.4 cm³/mol. The van der Waals surface area contributed by atoms with Gasteiger partial charge in [0.05, 0.1) is 12.6 Å². The van der Waals surface area contributed by atoms with E-state index in [4.69, 9.17) is 4.74 Å². The van der Waals surface area contributed by atoms with E-state index in [-0.39, 0.29) is 24.0 Å². The summed E-state index contributed by atoms with van der Waals surface area (Å²) in [7, 11) is 0. The molecular weight excluding hydrogens is 132 g/mol. The molecule has 0 bridgehead atoms. The van der Waals surface area contributed by atoms with Gasteiger partial charge in [0.15, 0.2) is 0 Å². The van der Waals surface area contributed by atoms with Gasteiger partial charge in [-0.1, -0.05) is 0 Å². The summed E-state index contributed by atoms with van der Waals surface area (Å²) in [6.45, 7) is 0.763. The zero-order valence-electron chi connectivity index (χ0n) is 5.23. The molecule has 4 nitrogen and oxygen atoms in total. The SMILES string of the molecule is O=C1O[C@H]2[C@@H]3CN=N[C@@H]3[C@@H]12. The highest BCUT2D eigenvalue weighted by Gasteiger charge is 2.65. The summed E-state index contributed by atoms with van der Waals surface area (Å²) in [5, 5.41) is 7.84. The summed E-state index contributed by atoms with van der Waals surface area (Å²) in [4.78, 5) is 10.7.